The minimum absolute atomic E-state index is 0.104. The van der Waals surface area contributed by atoms with Gasteiger partial charge in [-0.1, -0.05) is 319 Å². The number of hydrogen-bond acceptors (Lipinski definition) is 15. The second-order valence-electron chi connectivity index (χ2n) is 28.4. The Morgan fingerprint density at radius 3 is 0.763 bits per heavy atom. The molecule has 0 aliphatic rings. The van der Waals surface area contributed by atoms with E-state index >= 15 is 0 Å². The number of hydrogen-bond donors (Lipinski definition) is 3. The standard InChI is InChI=1S/C74H144O17P2/c1-9-67(8)53-45-37-28-22-18-16-14-12-10-11-13-15-17-19-23-29-40-48-56-73(78)91-70(61-85-72(77)55-47-39-33-32-36-44-52-66(6)7)63-89-93(82,83)87-59-68(75)58-86-92(80,81)88-62-69(60-84-71(76)54-46-38-31-25-27-35-43-51-65(4)5)90-74(79)57-49-41-30-24-20-21-26-34-42-50-64(2)3/h64-70,75H,9-63H2,1-8H3,(H,80,81)(H,82,83)/t67?,68-,69-,70-/m1/s1. The zero-order valence-electron chi connectivity index (χ0n) is 60.9. The third-order valence-corrected chi connectivity index (χ3v) is 19.3. The first-order chi connectivity index (χ1) is 44.6. The van der Waals surface area contributed by atoms with Crippen molar-refractivity contribution in [3.8, 4) is 0 Å². The lowest BCUT2D eigenvalue weighted by atomic mass is 9.99. The highest BCUT2D eigenvalue weighted by Gasteiger charge is 2.30. The number of phosphoric ester groups is 2. The van der Waals surface area contributed by atoms with Crippen molar-refractivity contribution in [1.29, 1.82) is 0 Å². The van der Waals surface area contributed by atoms with Crippen LogP contribution in [-0.4, -0.2) is 96.7 Å². The fraction of sp³-hybridized carbons (Fsp3) is 0.946. The summed E-state index contributed by atoms with van der Waals surface area (Å²) in [4.78, 5) is 72.6. The Bertz CT molecular complexity index is 1840. The van der Waals surface area contributed by atoms with Gasteiger partial charge >= 0.3 is 39.5 Å². The lowest BCUT2D eigenvalue weighted by molar-refractivity contribution is -0.161. The summed E-state index contributed by atoms with van der Waals surface area (Å²) in [7, 11) is -9.91. The van der Waals surface area contributed by atoms with E-state index in [2.05, 4.69) is 55.4 Å². The molecule has 3 N–H and O–H groups in total. The molecule has 0 rings (SSSR count). The van der Waals surface area contributed by atoms with Crippen LogP contribution in [-0.2, 0) is 65.4 Å². The molecule has 552 valence electrons. The lowest BCUT2D eigenvalue weighted by Crippen LogP contribution is -2.30. The monoisotopic (exact) mass is 1370 g/mol. The van der Waals surface area contributed by atoms with Gasteiger partial charge in [-0.3, -0.25) is 37.3 Å². The summed E-state index contributed by atoms with van der Waals surface area (Å²) in [5.41, 5.74) is 0. The zero-order chi connectivity index (χ0) is 68.9. The summed E-state index contributed by atoms with van der Waals surface area (Å²) in [5, 5.41) is 10.6. The number of carbonyl (C=O) groups is 4. The molecule has 0 aromatic rings. The van der Waals surface area contributed by atoms with E-state index in [4.69, 9.17) is 37.0 Å². The van der Waals surface area contributed by atoms with E-state index in [1.807, 2.05) is 0 Å². The van der Waals surface area contributed by atoms with E-state index in [0.29, 0.717) is 37.5 Å². The van der Waals surface area contributed by atoms with Crippen molar-refractivity contribution in [2.24, 2.45) is 23.7 Å². The Kier molecular flexibility index (Phi) is 62.2. The summed E-state index contributed by atoms with van der Waals surface area (Å²) in [5.74, 6) is 0.863. The van der Waals surface area contributed by atoms with Gasteiger partial charge in [0.2, 0.25) is 0 Å². The lowest BCUT2D eigenvalue weighted by Gasteiger charge is -2.21. The number of esters is 4. The number of carbonyl (C=O) groups excluding carboxylic acids is 4. The first-order valence-electron chi connectivity index (χ1n) is 38.2. The molecule has 0 amide bonds. The summed E-state index contributed by atoms with van der Waals surface area (Å²) in [6.07, 6.45) is 47.6. The van der Waals surface area contributed by atoms with Gasteiger partial charge in [-0.05, 0) is 49.4 Å². The maximum atomic E-state index is 13.0. The molecule has 17 nitrogen and oxygen atoms in total. The first-order valence-corrected chi connectivity index (χ1v) is 41.2. The maximum Gasteiger partial charge on any atom is 0.472 e. The van der Waals surface area contributed by atoms with E-state index in [1.54, 1.807) is 0 Å². The van der Waals surface area contributed by atoms with E-state index in [9.17, 15) is 43.2 Å². The maximum absolute atomic E-state index is 13.0. The fourth-order valence-electron chi connectivity index (χ4n) is 11.2. The van der Waals surface area contributed by atoms with Gasteiger partial charge in [0.1, 0.15) is 19.3 Å². The predicted octanol–water partition coefficient (Wildman–Crippen LogP) is 21.3. The quantitative estimate of drug-likeness (QED) is 0.0222. The van der Waals surface area contributed by atoms with Crippen LogP contribution in [0, 0.1) is 23.7 Å². The van der Waals surface area contributed by atoms with Crippen molar-refractivity contribution in [3.63, 3.8) is 0 Å². The van der Waals surface area contributed by atoms with Gasteiger partial charge in [-0.25, -0.2) is 9.13 Å². The Morgan fingerprint density at radius 1 is 0.301 bits per heavy atom. The summed E-state index contributed by atoms with van der Waals surface area (Å²) in [6, 6.07) is 0. The van der Waals surface area contributed by atoms with Crippen LogP contribution in [0.2, 0.25) is 0 Å². The topological polar surface area (TPSA) is 237 Å². The molecule has 19 heteroatoms. The normalized spacial score (nSPS) is 14.5. The minimum Gasteiger partial charge on any atom is -0.462 e. The molecule has 0 aliphatic heterocycles. The Balaban J connectivity index is 5.14. The summed E-state index contributed by atoms with van der Waals surface area (Å²) < 4.78 is 68.3. The van der Waals surface area contributed by atoms with Crippen LogP contribution in [0.15, 0.2) is 0 Å². The van der Waals surface area contributed by atoms with Crippen LogP contribution in [0.3, 0.4) is 0 Å². The van der Waals surface area contributed by atoms with Crippen LogP contribution >= 0.6 is 15.6 Å². The second-order valence-corrected chi connectivity index (χ2v) is 31.3. The smallest absolute Gasteiger partial charge is 0.462 e. The first kappa shape index (κ1) is 91.1. The number of aliphatic hydroxyl groups is 1. The molecule has 0 saturated carbocycles. The molecule has 0 spiro atoms. The van der Waals surface area contributed by atoms with Crippen molar-refractivity contribution in [2.45, 2.75) is 388 Å². The molecule has 0 fully saturated rings. The van der Waals surface area contributed by atoms with Crippen molar-refractivity contribution in [3.05, 3.63) is 0 Å². The predicted molar refractivity (Wildman–Crippen MR) is 377 cm³/mol. The highest BCUT2D eigenvalue weighted by Crippen LogP contribution is 2.45. The average molecular weight is 1370 g/mol. The van der Waals surface area contributed by atoms with Crippen molar-refractivity contribution >= 4 is 39.5 Å². The molecule has 0 bridgehead atoms. The van der Waals surface area contributed by atoms with Crippen molar-refractivity contribution in [1.82, 2.24) is 0 Å². The van der Waals surface area contributed by atoms with E-state index in [-0.39, 0.29) is 25.7 Å². The van der Waals surface area contributed by atoms with Crippen LogP contribution in [0.1, 0.15) is 370 Å². The largest absolute Gasteiger partial charge is 0.472 e. The molecular formula is C74H144O17P2. The molecule has 6 atom stereocenters. The zero-order valence-corrected chi connectivity index (χ0v) is 62.7. The molecule has 0 saturated heterocycles. The second kappa shape index (κ2) is 63.5. The number of aliphatic hydroxyl groups excluding tert-OH is 1. The minimum atomic E-state index is -4.95. The van der Waals surface area contributed by atoms with Gasteiger partial charge in [0, 0.05) is 25.7 Å². The molecule has 93 heavy (non-hydrogen) atoms. The molecule has 0 aliphatic carbocycles. The van der Waals surface area contributed by atoms with Crippen LogP contribution in [0.5, 0.6) is 0 Å². The molecule has 0 radical (unpaired) electrons. The highest BCUT2D eigenvalue weighted by molar-refractivity contribution is 7.47. The van der Waals surface area contributed by atoms with Gasteiger partial charge in [0.05, 0.1) is 26.4 Å². The van der Waals surface area contributed by atoms with Gasteiger partial charge in [0.15, 0.2) is 12.2 Å². The van der Waals surface area contributed by atoms with E-state index < -0.39 is 97.5 Å². The van der Waals surface area contributed by atoms with Gasteiger partial charge in [-0.2, -0.15) is 0 Å². The fourth-order valence-corrected chi connectivity index (χ4v) is 12.7. The molecule has 3 unspecified atom stereocenters. The SMILES string of the molecule is CCC(C)CCCCCCCCCCCCCCCCCCCCC(=O)O[C@H](COC(=O)CCCCCCCCC(C)C)COP(=O)(O)OC[C@H](O)COP(=O)(O)OC[C@@H](COC(=O)CCCCCCCCCC(C)C)OC(=O)CCCCCCCCCCCC(C)C. The van der Waals surface area contributed by atoms with Gasteiger partial charge in [-0.15, -0.1) is 0 Å². The van der Waals surface area contributed by atoms with Crippen LogP contribution in [0.4, 0.5) is 0 Å². The molecular weight excluding hydrogens is 1220 g/mol. The van der Waals surface area contributed by atoms with Gasteiger partial charge < -0.3 is 33.8 Å². The Hall–Kier alpha value is -1.94. The number of rotatable bonds is 71. The summed E-state index contributed by atoms with van der Waals surface area (Å²) >= 11 is 0. The van der Waals surface area contributed by atoms with Gasteiger partial charge in [0.25, 0.3) is 0 Å². The highest BCUT2D eigenvalue weighted by atomic mass is 31.2. The number of ether oxygens (including phenoxy) is 4. The van der Waals surface area contributed by atoms with E-state index in [1.165, 1.54) is 161 Å². The Morgan fingerprint density at radius 2 is 0.516 bits per heavy atom. The van der Waals surface area contributed by atoms with Crippen LogP contribution < -0.4 is 0 Å². The van der Waals surface area contributed by atoms with E-state index in [0.717, 1.165) is 115 Å². The molecule has 0 heterocycles. The third-order valence-electron chi connectivity index (χ3n) is 17.4. The number of phosphoric acid groups is 2. The molecule has 0 aromatic carbocycles. The Labute approximate surface area is 568 Å². The number of unbranched alkanes of at least 4 members (excludes halogenated alkanes) is 36. The van der Waals surface area contributed by atoms with Crippen molar-refractivity contribution < 1.29 is 80.2 Å². The molecule has 0 aromatic heterocycles. The van der Waals surface area contributed by atoms with Crippen molar-refractivity contribution in [2.75, 3.05) is 39.6 Å². The third kappa shape index (κ3) is 67.0. The van der Waals surface area contributed by atoms with Crippen LogP contribution in [0.25, 0.3) is 0 Å². The summed E-state index contributed by atoms with van der Waals surface area (Å²) in [6.45, 7) is 14.1. The average Bonchev–Trinajstić information content (AvgIpc) is 2.87.